The van der Waals surface area contributed by atoms with Gasteiger partial charge in [-0.2, -0.15) is 47.0 Å². The first-order valence-electron chi connectivity index (χ1n) is 8.36. The van der Waals surface area contributed by atoms with E-state index in [0.717, 1.165) is 29.3 Å². The molecule has 2 aliphatic rings. The zero-order valence-electron chi connectivity index (χ0n) is 13.2. The Balaban J connectivity index is 1.73. The minimum absolute atomic E-state index is 0.342. The maximum Gasteiger partial charge on any atom is 0.303 e. The highest BCUT2D eigenvalue weighted by Crippen LogP contribution is 2.36. The minimum atomic E-state index is -0.644. The van der Waals surface area contributed by atoms with Crippen molar-refractivity contribution in [2.75, 3.05) is 34.5 Å². The van der Waals surface area contributed by atoms with Crippen LogP contribution in [0.4, 0.5) is 0 Å². The van der Waals surface area contributed by atoms with Crippen molar-refractivity contribution in [3.8, 4) is 0 Å². The predicted molar refractivity (Wildman–Crippen MR) is 106 cm³/mol. The zero-order valence-corrected chi connectivity index (χ0v) is 16.5. The first-order chi connectivity index (χ1) is 10.8. The summed E-state index contributed by atoms with van der Waals surface area (Å²) in [6.45, 7) is 0. The molecular formula is C16H28O2S4. The molecule has 0 spiro atoms. The van der Waals surface area contributed by atoms with E-state index in [1.54, 1.807) is 0 Å². The van der Waals surface area contributed by atoms with Gasteiger partial charge in [-0.1, -0.05) is 6.42 Å². The van der Waals surface area contributed by atoms with Crippen LogP contribution >= 0.6 is 47.0 Å². The summed E-state index contributed by atoms with van der Waals surface area (Å²) < 4.78 is 0. The molecule has 0 radical (unpaired) electrons. The second-order valence-corrected chi connectivity index (χ2v) is 11.1. The van der Waals surface area contributed by atoms with Crippen LogP contribution in [0, 0.1) is 5.92 Å². The second kappa shape index (κ2) is 11.4. The lowest BCUT2D eigenvalue weighted by atomic mass is 9.92. The quantitative estimate of drug-likeness (QED) is 0.583. The first-order valence-corrected chi connectivity index (χ1v) is 12.8. The normalized spacial score (nSPS) is 27.5. The maximum absolute atomic E-state index is 10.7. The third-order valence-electron chi connectivity index (χ3n) is 4.33. The average molecular weight is 381 g/mol. The molecule has 2 rings (SSSR count). The van der Waals surface area contributed by atoms with Gasteiger partial charge in [0.25, 0.3) is 0 Å². The van der Waals surface area contributed by atoms with Crippen LogP contribution in [-0.4, -0.2) is 56.1 Å². The van der Waals surface area contributed by atoms with Gasteiger partial charge in [0.1, 0.15) is 0 Å². The molecule has 0 aliphatic carbocycles. The molecule has 128 valence electrons. The molecule has 0 aromatic heterocycles. The molecule has 0 bridgehead atoms. The lowest BCUT2D eigenvalue weighted by molar-refractivity contribution is -0.137. The Bertz CT molecular complexity index is 315. The number of hydrogen-bond donors (Lipinski definition) is 1. The molecule has 1 unspecified atom stereocenters. The molecule has 2 heterocycles. The number of aliphatic carboxylic acids is 1. The molecule has 2 fully saturated rings. The third-order valence-corrected chi connectivity index (χ3v) is 10.2. The van der Waals surface area contributed by atoms with E-state index in [4.69, 9.17) is 5.11 Å². The maximum atomic E-state index is 10.7. The van der Waals surface area contributed by atoms with Crippen molar-refractivity contribution in [3.63, 3.8) is 0 Å². The van der Waals surface area contributed by atoms with Crippen molar-refractivity contribution in [1.29, 1.82) is 0 Å². The standard InChI is InChI=1S/C16H28O2S4/c17-16(18)4-2-1-3-13(15-12-20-8-10-22-15)5-6-14-11-19-7-9-21-14/h13-15H,1-12H2,(H,17,18)/t13?,14-,15+/m0/s1. The zero-order chi connectivity index (χ0) is 15.6. The van der Waals surface area contributed by atoms with Crippen molar-refractivity contribution in [2.45, 2.75) is 49.0 Å². The monoisotopic (exact) mass is 380 g/mol. The van der Waals surface area contributed by atoms with Crippen LogP contribution < -0.4 is 0 Å². The largest absolute Gasteiger partial charge is 0.481 e. The minimum Gasteiger partial charge on any atom is -0.481 e. The number of carboxylic acid groups (broad SMARTS) is 1. The number of hydrogen-bond acceptors (Lipinski definition) is 5. The highest BCUT2D eigenvalue weighted by molar-refractivity contribution is 8.07. The molecule has 2 aliphatic heterocycles. The molecule has 3 atom stereocenters. The Labute approximate surface area is 152 Å². The van der Waals surface area contributed by atoms with Crippen LogP contribution in [0.3, 0.4) is 0 Å². The molecule has 6 heteroatoms. The molecule has 0 aromatic rings. The van der Waals surface area contributed by atoms with E-state index in [9.17, 15) is 4.79 Å². The van der Waals surface area contributed by atoms with Crippen molar-refractivity contribution < 1.29 is 9.90 Å². The van der Waals surface area contributed by atoms with E-state index in [1.807, 2.05) is 0 Å². The molecule has 1 N–H and O–H groups in total. The average Bonchev–Trinajstić information content (AvgIpc) is 2.55. The number of rotatable bonds is 9. The number of thioether (sulfide) groups is 4. The summed E-state index contributed by atoms with van der Waals surface area (Å²) in [7, 11) is 0. The smallest absolute Gasteiger partial charge is 0.303 e. The number of carbonyl (C=O) groups is 1. The lowest BCUT2D eigenvalue weighted by Gasteiger charge is -2.31. The Morgan fingerprint density at radius 2 is 1.77 bits per heavy atom. The van der Waals surface area contributed by atoms with Crippen molar-refractivity contribution in [1.82, 2.24) is 0 Å². The fourth-order valence-electron chi connectivity index (χ4n) is 3.08. The summed E-state index contributed by atoms with van der Waals surface area (Å²) >= 11 is 8.58. The van der Waals surface area contributed by atoms with Gasteiger partial charge < -0.3 is 5.11 Å². The fourth-order valence-corrected chi connectivity index (χ4v) is 8.89. The van der Waals surface area contributed by atoms with Crippen molar-refractivity contribution >= 4 is 53.0 Å². The van der Waals surface area contributed by atoms with E-state index in [1.165, 1.54) is 53.8 Å². The summed E-state index contributed by atoms with van der Waals surface area (Å²) in [6.07, 6.45) is 6.23. The topological polar surface area (TPSA) is 37.3 Å². The molecule has 0 saturated carbocycles. The highest BCUT2D eigenvalue weighted by Gasteiger charge is 2.25. The van der Waals surface area contributed by atoms with Crippen LogP contribution in [0.25, 0.3) is 0 Å². The second-order valence-electron chi connectivity index (χ2n) is 6.03. The van der Waals surface area contributed by atoms with Gasteiger partial charge >= 0.3 is 5.97 Å². The van der Waals surface area contributed by atoms with Crippen LogP contribution in [0.5, 0.6) is 0 Å². The number of unbranched alkanes of at least 4 members (excludes halogenated alkanes) is 1. The summed E-state index contributed by atoms with van der Waals surface area (Å²) in [5.74, 6) is 8.07. The van der Waals surface area contributed by atoms with Crippen LogP contribution in [0.15, 0.2) is 0 Å². The van der Waals surface area contributed by atoms with Gasteiger partial charge in [-0.3, -0.25) is 4.79 Å². The predicted octanol–water partition coefficient (Wildman–Crippen LogP) is 4.73. The Morgan fingerprint density at radius 1 is 1.00 bits per heavy atom. The van der Waals surface area contributed by atoms with Crippen LogP contribution in [0.2, 0.25) is 0 Å². The Kier molecular flexibility index (Phi) is 9.97. The lowest BCUT2D eigenvalue weighted by Crippen LogP contribution is -2.26. The van der Waals surface area contributed by atoms with Crippen molar-refractivity contribution in [2.24, 2.45) is 5.92 Å². The molecule has 0 amide bonds. The van der Waals surface area contributed by atoms with Gasteiger partial charge in [-0.15, -0.1) is 0 Å². The molecular weight excluding hydrogens is 352 g/mol. The van der Waals surface area contributed by atoms with Gasteiger partial charge in [0.2, 0.25) is 0 Å². The van der Waals surface area contributed by atoms with Gasteiger partial charge in [0.05, 0.1) is 0 Å². The van der Waals surface area contributed by atoms with Crippen molar-refractivity contribution in [3.05, 3.63) is 0 Å². The van der Waals surface area contributed by atoms with Gasteiger partial charge in [-0.25, -0.2) is 0 Å². The Hall–Kier alpha value is 0.870. The van der Waals surface area contributed by atoms with Gasteiger partial charge in [0, 0.05) is 51.4 Å². The number of carboxylic acids is 1. The van der Waals surface area contributed by atoms with Gasteiger partial charge in [-0.05, 0) is 31.6 Å². The highest BCUT2D eigenvalue weighted by atomic mass is 32.2. The summed E-state index contributed by atoms with van der Waals surface area (Å²) in [5, 5.41) is 10.5. The summed E-state index contributed by atoms with van der Waals surface area (Å²) in [6, 6.07) is 0. The van der Waals surface area contributed by atoms with E-state index in [2.05, 4.69) is 47.0 Å². The van der Waals surface area contributed by atoms with Crippen LogP contribution in [-0.2, 0) is 4.79 Å². The Morgan fingerprint density at radius 3 is 2.41 bits per heavy atom. The van der Waals surface area contributed by atoms with Crippen LogP contribution in [0.1, 0.15) is 38.5 Å². The van der Waals surface area contributed by atoms with E-state index >= 15 is 0 Å². The third kappa shape index (κ3) is 7.63. The summed E-state index contributed by atoms with van der Waals surface area (Å²) in [5.41, 5.74) is 0. The summed E-state index contributed by atoms with van der Waals surface area (Å²) in [4.78, 5) is 10.7. The van der Waals surface area contributed by atoms with E-state index < -0.39 is 5.97 Å². The fraction of sp³-hybridized carbons (Fsp3) is 0.938. The SMILES string of the molecule is O=C(O)CCCCC(CC[C@H]1CSCCS1)[C@H]1CSCCS1. The molecule has 2 nitrogen and oxygen atoms in total. The van der Waals surface area contributed by atoms with E-state index in [-0.39, 0.29) is 0 Å². The van der Waals surface area contributed by atoms with E-state index in [0.29, 0.717) is 6.42 Å². The molecule has 0 aromatic carbocycles. The first kappa shape index (κ1) is 19.2. The van der Waals surface area contributed by atoms with Gasteiger partial charge in [0.15, 0.2) is 0 Å². The molecule has 22 heavy (non-hydrogen) atoms. The molecule has 2 saturated heterocycles.